The lowest BCUT2D eigenvalue weighted by atomic mass is 9.58. The minimum absolute atomic E-state index is 0.00409. The lowest BCUT2D eigenvalue weighted by Crippen LogP contribution is -2.65. The molecule has 3 aliphatic rings. The highest BCUT2D eigenvalue weighted by Gasteiger charge is 2.67. The SMILES string of the molecule is CCCCOc1noc2c1C(=O)[C@@]1(O[Si](C)(C)C(C)(C)C)C(O)=C3C(=O)c4c(c(F)c(C(OC)OC)c(Br)c4OCCCC)C[C@H]3C[C@H]1[C@@H]2N(C)C. The molecule has 0 radical (unpaired) electrons. The van der Waals surface area contributed by atoms with E-state index in [2.05, 4.69) is 41.9 Å². The number of nitrogens with zero attached hydrogens (tertiary/aromatic N) is 2. The molecule has 4 atom stereocenters. The number of carbonyl (C=O) groups is 2. The Labute approximate surface area is 315 Å². The number of benzene rings is 1. The Hall–Kier alpha value is -2.62. The Morgan fingerprint density at radius 3 is 2.25 bits per heavy atom. The zero-order chi connectivity index (χ0) is 38.5. The lowest BCUT2D eigenvalue weighted by molar-refractivity contribution is -0.108. The van der Waals surface area contributed by atoms with Gasteiger partial charge in [-0.3, -0.25) is 14.5 Å². The van der Waals surface area contributed by atoms with Crippen molar-refractivity contribution in [3.63, 3.8) is 0 Å². The van der Waals surface area contributed by atoms with Crippen LogP contribution in [0.5, 0.6) is 11.6 Å². The van der Waals surface area contributed by atoms with Crippen LogP contribution in [0, 0.1) is 17.7 Å². The van der Waals surface area contributed by atoms with Gasteiger partial charge >= 0.3 is 0 Å². The molecule has 1 aromatic carbocycles. The Kier molecular flexibility index (Phi) is 11.9. The molecule has 1 N–H and O–H groups in total. The van der Waals surface area contributed by atoms with Crippen LogP contribution in [0.15, 0.2) is 20.3 Å². The van der Waals surface area contributed by atoms with Crippen LogP contribution in [-0.4, -0.2) is 82.2 Å². The van der Waals surface area contributed by atoms with E-state index in [1.807, 2.05) is 45.9 Å². The highest BCUT2D eigenvalue weighted by Crippen LogP contribution is 2.60. The third kappa shape index (κ3) is 6.48. The van der Waals surface area contributed by atoms with Gasteiger partial charge in [0, 0.05) is 31.3 Å². The number of fused-ring (bicyclic) bond motifs is 4. The molecular formula is C38H54BrFN2O9Si. The van der Waals surface area contributed by atoms with Crippen molar-refractivity contribution >= 4 is 35.8 Å². The van der Waals surface area contributed by atoms with Gasteiger partial charge in [0.2, 0.25) is 5.78 Å². The first-order valence-corrected chi connectivity index (χ1v) is 21.9. The van der Waals surface area contributed by atoms with Crippen molar-refractivity contribution in [1.29, 1.82) is 0 Å². The second-order valence-electron chi connectivity index (χ2n) is 15.8. The minimum Gasteiger partial charge on any atom is -0.508 e. The second kappa shape index (κ2) is 15.3. The van der Waals surface area contributed by atoms with Crippen LogP contribution in [0.25, 0.3) is 0 Å². The standard InChI is InChI=1S/C38H54BrFN2O9Si/c1-12-14-16-48-31-24-21(28(40)25(27(31)39)36(46-8)47-9)18-20-19-22-29(42(6)7)32-26(35(41-50-32)49-17-15-13-2)34(45)38(22,33(44)23(20)30(24)43)51-52(10,11)37(3,4)5/h20,22,29,36,44H,12-19H2,1-11H3/t20-,22-,29-,38-/m0/s1. The third-order valence-electron chi connectivity index (χ3n) is 11.3. The first-order valence-electron chi connectivity index (χ1n) is 18.2. The van der Waals surface area contributed by atoms with E-state index in [0.29, 0.717) is 18.8 Å². The highest BCUT2D eigenvalue weighted by atomic mass is 79.9. The van der Waals surface area contributed by atoms with Crippen molar-refractivity contribution in [1.82, 2.24) is 10.1 Å². The summed E-state index contributed by atoms with van der Waals surface area (Å²) in [4.78, 5) is 32.2. The average molecular weight is 810 g/mol. The molecule has 0 bridgehead atoms. The Balaban J connectivity index is 1.82. The largest absolute Gasteiger partial charge is 0.508 e. The number of rotatable bonds is 14. The van der Waals surface area contributed by atoms with E-state index in [1.165, 1.54) is 14.2 Å². The number of halogens is 2. The second-order valence-corrected chi connectivity index (χ2v) is 21.3. The number of unbranched alkanes of at least 4 members (excludes halogenated alkanes) is 2. The van der Waals surface area contributed by atoms with Crippen molar-refractivity contribution in [2.75, 3.05) is 41.5 Å². The van der Waals surface area contributed by atoms with E-state index in [4.69, 9.17) is 27.9 Å². The van der Waals surface area contributed by atoms with Crippen molar-refractivity contribution in [3.05, 3.63) is 49.6 Å². The topological polar surface area (TPSA) is 130 Å². The number of Topliss-reactive ketones (excluding diaryl/α,β-unsaturated/α-hetero) is 2. The van der Waals surface area contributed by atoms with Gasteiger partial charge in [-0.05, 0) is 84.9 Å². The van der Waals surface area contributed by atoms with Gasteiger partial charge in [-0.2, -0.15) is 0 Å². The third-order valence-corrected chi connectivity index (χ3v) is 16.5. The van der Waals surface area contributed by atoms with Gasteiger partial charge in [0.05, 0.1) is 34.9 Å². The number of aliphatic hydroxyl groups excluding tert-OH is 1. The molecule has 2 aromatic rings. The molecule has 0 aliphatic heterocycles. The Morgan fingerprint density at radius 2 is 1.69 bits per heavy atom. The molecule has 3 aliphatic carbocycles. The molecule has 52 heavy (non-hydrogen) atoms. The molecule has 1 aromatic heterocycles. The maximum atomic E-state index is 16.8. The molecule has 0 saturated carbocycles. The molecular weight excluding hydrogens is 755 g/mol. The van der Waals surface area contributed by atoms with Crippen LogP contribution in [0.4, 0.5) is 4.39 Å². The zero-order valence-electron chi connectivity index (χ0n) is 32.3. The molecule has 0 amide bonds. The molecule has 288 valence electrons. The molecule has 14 heteroatoms. The Bertz CT molecular complexity index is 1730. The minimum atomic E-state index is -2.89. The van der Waals surface area contributed by atoms with E-state index < -0.39 is 61.2 Å². The monoisotopic (exact) mass is 808 g/mol. The first-order chi connectivity index (χ1) is 24.4. The number of ketones is 2. The van der Waals surface area contributed by atoms with Crippen LogP contribution < -0.4 is 9.47 Å². The smallest absolute Gasteiger partial charge is 0.265 e. The fourth-order valence-electron chi connectivity index (χ4n) is 7.61. The summed E-state index contributed by atoms with van der Waals surface area (Å²) in [6.45, 7) is 14.8. The molecule has 11 nitrogen and oxygen atoms in total. The van der Waals surface area contributed by atoms with Crippen LogP contribution >= 0.6 is 15.9 Å². The van der Waals surface area contributed by atoms with Crippen molar-refractivity contribution in [2.45, 2.75) is 109 Å². The van der Waals surface area contributed by atoms with E-state index in [-0.39, 0.29) is 68.4 Å². The van der Waals surface area contributed by atoms with Gasteiger partial charge < -0.3 is 33.0 Å². The number of methoxy groups -OCH3 is 2. The zero-order valence-corrected chi connectivity index (χ0v) is 34.9. The highest BCUT2D eigenvalue weighted by molar-refractivity contribution is 9.10. The van der Waals surface area contributed by atoms with Gasteiger partial charge in [0.1, 0.15) is 22.9 Å². The van der Waals surface area contributed by atoms with Crippen molar-refractivity contribution in [2.24, 2.45) is 11.8 Å². The lowest BCUT2D eigenvalue weighted by Gasteiger charge is -2.55. The predicted octanol–water partition coefficient (Wildman–Crippen LogP) is 8.67. The number of hydrogen-bond donors (Lipinski definition) is 1. The van der Waals surface area contributed by atoms with Crippen LogP contribution in [0.1, 0.15) is 117 Å². The molecule has 0 unspecified atom stereocenters. The molecule has 1 heterocycles. The summed E-state index contributed by atoms with van der Waals surface area (Å²) in [5, 5.41) is 16.6. The van der Waals surface area contributed by atoms with E-state index >= 15 is 14.0 Å². The summed E-state index contributed by atoms with van der Waals surface area (Å²) < 4.78 is 53.3. The molecule has 5 rings (SSSR count). The number of allylic oxidation sites excluding steroid dienone is 1. The molecule has 0 saturated heterocycles. The van der Waals surface area contributed by atoms with Crippen LogP contribution in [0.3, 0.4) is 0 Å². The summed E-state index contributed by atoms with van der Waals surface area (Å²) >= 11 is 3.52. The van der Waals surface area contributed by atoms with Crippen molar-refractivity contribution < 1.29 is 47.0 Å². The quantitative estimate of drug-likeness (QED) is 0.112. The van der Waals surface area contributed by atoms with Gasteiger partial charge in [-0.1, -0.05) is 47.5 Å². The first kappa shape index (κ1) is 40.6. The summed E-state index contributed by atoms with van der Waals surface area (Å²) in [7, 11) is 3.64. The van der Waals surface area contributed by atoms with Gasteiger partial charge in [-0.15, -0.1) is 0 Å². The summed E-state index contributed by atoms with van der Waals surface area (Å²) in [6, 6.07) is -0.613. The number of carbonyl (C=O) groups excluding carboxylic acids is 2. The normalized spacial score (nSPS) is 23.2. The summed E-state index contributed by atoms with van der Waals surface area (Å²) in [5.41, 5.74) is -1.64. The number of ether oxygens (including phenoxy) is 4. The average Bonchev–Trinajstić information content (AvgIpc) is 3.48. The number of hydrogen-bond acceptors (Lipinski definition) is 11. The fraction of sp³-hybridized carbons (Fsp3) is 0.658. The van der Waals surface area contributed by atoms with Gasteiger partial charge in [0.15, 0.2) is 31.8 Å². The fourth-order valence-corrected chi connectivity index (χ4v) is 9.73. The van der Waals surface area contributed by atoms with E-state index in [0.717, 1.165) is 19.3 Å². The summed E-state index contributed by atoms with van der Waals surface area (Å²) in [5.74, 6) is -3.21. The van der Waals surface area contributed by atoms with Crippen LogP contribution in [0.2, 0.25) is 18.1 Å². The summed E-state index contributed by atoms with van der Waals surface area (Å²) in [6.07, 6.45) is 2.28. The van der Waals surface area contributed by atoms with Gasteiger partial charge in [0.25, 0.3) is 5.88 Å². The Morgan fingerprint density at radius 1 is 1.08 bits per heavy atom. The predicted molar refractivity (Wildman–Crippen MR) is 199 cm³/mol. The van der Waals surface area contributed by atoms with Gasteiger partial charge in [-0.25, -0.2) is 4.39 Å². The molecule has 0 spiro atoms. The van der Waals surface area contributed by atoms with E-state index in [1.54, 1.807) is 0 Å². The van der Waals surface area contributed by atoms with Crippen molar-refractivity contribution in [3.8, 4) is 11.6 Å². The number of aromatic nitrogens is 1. The maximum absolute atomic E-state index is 16.8. The number of aliphatic hydroxyl groups is 1. The van der Waals surface area contributed by atoms with Crippen LogP contribution in [-0.2, 0) is 20.3 Å². The maximum Gasteiger partial charge on any atom is 0.265 e. The molecule has 0 fully saturated rings. The van der Waals surface area contributed by atoms with E-state index in [9.17, 15) is 5.11 Å².